The minimum atomic E-state index is -0.126. The molecule has 1 aliphatic heterocycles. The Balaban J connectivity index is 2.00. The molecule has 2 amide bonds. The number of rotatable bonds is 4. The highest BCUT2D eigenvalue weighted by Crippen LogP contribution is 2.29. The van der Waals surface area contributed by atoms with Gasteiger partial charge in [-0.1, -0.05) is 0 Å². The van der Waals surface area contributed by atoms with Crippen molar-refractivity contribution in [3.8, 4) is 0 Å². The lowest BCUT2D eigenvalue weighted by Crippen LogP contribution is -2.46. The number of nitrogens with zero attached hydrogens (tertiary/aromatic N) is 1. The number of carbonyl (C=O) groups excluding carboxylic acids is 2. The van der Waals surface area contributed by atoms with Gasteiger partial charge >= 0.3 is 0 Å². The van der Waals surface area contributed by atoms with Crippen molar-refractivity contribution in [2.75, 3.05) is 26.2 Å². The van der Waals surface area contributed by atoms with Gasteiger partial charge in [0.2, 0.25) is 5.91 Å². The van der Waals surface area contributed by atoms with Crippen LogP contribution in [0.1, 0.15) is 28.1 Å². The van der Waals surface area contributed by atoms with E-state index >= 15 is 0 Å². The minimum absolute atomic E-state index is 0.00138. The van der Waals surface area contributed by atoms with Crippen LogP contribution in [0.25, 0.3) is 0 Å². The highest BCUT2D eigenvalue weighted by atomic mass is 79.9. The molecule has 1 aromatic rings. The van der Waals surface area contributed by atoms with Crippen molar-refractivity contribution in [1.82, 2.24) is 10.2 Å². The normalized spacial score (nSPS) is 18.6. The average molecular weight is 374 g/mol. The molecule has 5 nitrogen and oxygen atoms in total. The van der Waals surface area contributed by atoms with Crippen LogP contribution in [-0.4, -0.2) is 42.9 Å². The summed E-state index contributed by atoms with van der Waals surface area (Å²) in [6.07, 6.45) is 1.69. The van der Waals surface area contributed by atoms with E-state index in [0.717, 1.165) is 27.1 Å². The zero-order valence-corrected chi connectivity index (χ0v) is 14.4. The molecule has 116 valence electrons. The van der Waals surface area contributed by atoms with E-state index in [1.54, 1.807) is 4.90 Å². The zero-order valence-electron chi connectivity index (χ0n) is 12.0. The topological polar surface area (TPSA) is 75.4 Å². The first kappa shape index (κ1) is 16.5. The molecule has 1 aromatic heterocycles. The number of nitrogens with one attached hydrogen (secondary N) is 1. The molecule has 0 spiro atoms. The molecule has 7 heteroatoms. The van der Waals surface area contributed by atoms with E-state index in [1.165, 1.54) is 11.3 Å². The third-order valence-electron chi connectivity index (χ3n) is 3.59. The Morgan fingerprint density at radius 3 is 2.95 bits per heavy atom. The summed E-state index contributed by atoms with van der Waals surface area (Å²) in [7, 11) is 0. The standard InChI is InChI=1S/C14H20BrN3O2S/c1-9-7-11(21-12(9)15)14(20)18-6-2-3-10(8-18)13(19)17-5-4-16/h7,10H,2-6,8,16H2,1H3,(H,17,19). The molecular formula is C14H20BrN3O2S. The monoisotopic (exact) mass is 373 g/mol. The molecular weight excluding hydrogens is 354 g/mol. The van der Waals surface area contributed by atoms with Crippen LogP contribution in [-0.2, 0) is 4.79 Å². The highest BCUT2D eigenvalue weighted by Gasteiger charge is 2.29. The second-order valence-corrected chi connectivity index (χ2v) is 7.61. The van der Waals surface area contributed by atoms with E-state index in [-0.39, 0.29) is 17.7 Å². The van der Waals surface area contributed by atoms with Crippen molar-refractivity contribution in [3.63, 3.8) is 0 Å². The van der Waals surface area contributed by atoms with E-state index in [9.17, 15) is 9.59 Å². The number of amides is 2. The summed E-state index contributed by atoms with van der Waals surface area (Å²) in [5, 5.41) is 2.81. The predicted molar refractivity (Wildman–Crippen MR) is 87.4 cm³/mol. The Kier molecular flexibility index (Phi) is 5.78. The lowest BCUT2D eigenvalue weighted by Gasteiger charge is -2.31. The fourth-order valence-corrected chi connectivity index (χ4v) is 3.94. The Hall–Kier alpha value is -0.920. The van der Waals surface area contributed by atoms with E-state index < -0.39 is 0 Å². The number of carbonyl (C=O) groups is 2. The molecule has 1 atom stereocenters. The predicted octanol–water partition coefficient (Wildman–Crippen LogP) is 1.75. The van der Waals surface area contributed by atoms with Crippen molar-refractivity contribution < 1.29 is 9.59 Å². The molecule has 0 aliphatic carbocycles. The molecule has 21 heavy (non-hydrogen) atoms. The summed E-state index contributed by atoms with van der Waals surface area (Å²) in [5.41, 5.74) is 6.46. The number of halogens is 1. The number of nitrogens with two attached hydrogens (primary N) is 1. The Morgan fingerprint density at radius 1 is 1.57 bits per heavy atom. The van der Waals surface area contributed by atoms with Crippen LogP contribution in [0.5, 0.6) is 0 Å². The van der Waals surface area contributed by atoms with Crippen LogP contribution in [0.3, 0.4) is 0 Å². The first-order valence-electron chi connectivity index (χ1n) is 7.06. The van der Waals surface area contributed by atoms with Gasteiger partial charge in [0.25, 0.3) is 5.91 Å². The second-order valence-electron chi connectivity index (χ2n) is 5.24. The van der Waals surface area contributed by atoms with E-state index in [1.807, 2.05) is 13.0 Å². The van der Waals surface area contributed by atoms with Crippen molar-refractivity contribution >= 4 is 39.1 Å². The lowest BCUT2D eigenvalue weighted by atomic mass is 9.97. The molecule has 2 rings (SSSR count). The summed E-state index contributed by atoms with van der Waals surface area (Å²) in [4.78, 5) is 27.0. The first-order valence-corrected chi connectivity index (χ1v) is 8.67. The molecule has 2 heterocycles. The Morgan fingerprint density at radius 2 is 2.33 bits per heavy atom. The summed E-state index contributed by atoms with van der Waals surface area (Å²) >= 11 is 4.89. The van der Waals surface area contributed by atoms with Gasteiger partial charge in [-0.2, -0.15) is 0 Å². The fraction of sp³-hybridized carbons (Fsp3) is 0.571. The van der Waals surface area contributed by atoms with Gasteiger partial charge in [0.1, 0.15) is 0 Å². The number of piperidine rings is 1. The molecule has 0 bridgehead atoms. The summed E-state index contributed by atoms with van der Waals surface area (Å²) < 4.78 is 0.986. The van der Waals surface area contributed by atoms with Gasteiger partial charge in [-0.25, -0.2) is 0 Å². The van der Waals surface area contributed by atoms with Crippen molar-refractivity contribution in [2.24, 2.45) is 11.7 Å². The number of likely N-dealkylation sites (tertiary alicyclic amines) is 1. The molecule has 0 aromatic carbocycles. The van der Waals surface area contributed by atoms with E-state index in [0.29, 0.717) is 26.2 Å². The van der Waals surface area contributed by atoms with Gasteiger partial charge in [-0.3, -0.25) is 9.59 Å². The summed E-state index contributed by atoms with van der Waals surface area (Å²) in [6.45, 7) is 4.10. The number of hydrogen-bond donors (Lipinski definition) is 2. The molecule has 0 radical (unpaired) electrons. The Bertz CT molecular complexity index is 513. The maximum Gasteiger partial charge on any atom is 0.263 e. The van der Waals surface area contributed by atoms with Crippen molar-refractivity contribution in [2.45, 2.75) is 19.8 Å². The van der Waals surface area contributed by atoms with E-state index in [2.05, 4.69) is 21.2 Å². The number of thiophene rings is 1. The third kappa shape index (κ3) is 4.05. The average Bonchev–Trinajstić information content (AvgIpc) is 2.83. The molecule has 1 saturated heterocycles. The van der Waals surface area contributed by atoms with Crippen LogP contribution < -0.4 is 11.1 Å². The SMILES string of the molecule is Cc1cc(C(=O)N2CCCC(C(=O)NCCN)C2)sc1Br. The fourth-order valence-electron chi connectivity index (χ4n) is 2.44. The van der Waals surface area contributed by atoms with Gasteiger partial charge in [0.05, 0.1) is 14.6 Å². The molecule has 1 fully saturated rings. The molecule has 0 saturated carbocycles. The van der Waals surface area contributed by atoms with E-state index in [4.69, 9.17) is 5.73 Å². The van der Waals surface area contributed by atoms with Crippen molar-refractivity contribution in [3.05, 3.63) is 20.3 Å². The van der Waals surface area contributed by atoms with Crippen LogP contribution in [0.4, 0.5) is 0 Å². The summed E-state index contributed by atoms with van der Waals surface area (Å²) in [6, 6.07) is 1.90. The lowest BCUT2D eigenvalue weighted by molar-refractivity contribution is -0.126. The van der Waals surface area contributed by atoms with Crippen molar-refractivity contribution in [1.29, 1.82) is 0 Å². The van der Waals surface area contributed by atoms with Crippen LogP contribution in [0.15, 0.2) is 9.85 Å². The maximum atomic E-state index is 12.5. The zero-order chi connectivity index (χ0) is 15.4. The Labute approximate surface area is 137 Å². The number of hydrogen-bond acceptors (Lipinski definition) is 4. The van der Waals surface area contributed by atoms with Crippen LogP contribution >= 0.6 is 27.3 Å². The van der Waals surface area contributed by atoms with Gasteiger partial charge in [-0.15, -0.1) is 11.3 Å². The van der Waals surface area contributed by atoms with Gasteiger partial charge in [0, 0.05) is 26.2 Å². The largest absolute Gasteiger partial charge is 0.355 e. The van der Waals surface area contributed by atoms with Crippen LogP contribution in [0, 0.1) is 12.8 Å². The van der Waals surface area contributed by atoms with Gasteiger partial charge < -0.3 is 16.0 Å². The molecule has 3 N–H and O–H groups in total. The van der Waals surface area contributed by atoms with Gasteiger partial charge in [-0.05, 0) is 47.3 Å². The number of aryl methyl sites for hydroxylation is 1. The minimum Gasteiger partial charge on any atom is -0.355 e. The second kappa shape index (κ2) is 7.38. The maximum absolute atomic E-state index is 12.5. The molecule has 1 aliphatic rings. The van der Waals surface area contributed by atoms with Gasteiger partial charge in [0.15, 0.2) is 0 Å². The summed E-state index contributed by atoms with van der Waals surface area (Å²) in [5.74, 6) is -0.106. The quantitative estimate of drug-likeness (QED) is 0.843. The smallest absolute Gasteiger partial charge is 0.263 e. The highest BCUT2D eigenvalue weighted by molar-refractivity contribution is 9.11. The third-order valence-corrected chi connectivity index (χ3v) is 5.72. The first-order chi connectivity index (χ1) is 10.0. The van der Waals surface area contributed by atoms with Crippen LogP contribution in [0.2, 0.25) is 0 Å². The molecule has 1 unspecified atom stereocenters.